The molecule has 0 saturated heterocycles. The number of halogens is 1. The Morgan fingerprint density at radius 1 is 1.11 bits per heavy atom. The molecule has 0 bridgehead atoms. The molecule has 0 atom stereocenters. The Labute approximate surface area is 167 Å². The number of aromatic nitrogens is 4. The maximum absolute atomic E-state index is 12.3. The highest BCUT2D eigenvalue weighted by atomic mass is 35.5. The largest absolute Gasteiger partial charge is 0.324 e. The molecule has 3 aromatic rings. The molecule has 0 spiro atoms. The van der Waals surface area contributed by atoms with Gasteiger partial charge in [0.15, 0.2) is 0 Å². The summed E-state index contributed by atoms with van der Waals surface area (Å²) in [5.74, 6) is 0.00798. The van der Waals surface area contributed by atoms with E-state index in [0.717, 1.165) is 22.4 Å². The van der Waals surface area contributed by atoms with Crippen molar-refractivity contribution in [2.24, 2.45) is 0 Å². The molecule has 0 aliphatic heterocycles. The van der Waals surface area contributed by atoms with Crippen LogP contribution in [-0.2, 0) is 4.79 Å². The average molecular weight is 402 g/mol. The van der Waals surface area contributed by atoms with Gasteiger partial charge >= 0.3 is 0 Å². The Morgan fingerprint density at radius 3 is 2.52 bits per heavy atom. The van der Waals surface area contributed by atoms with Gasteiger partial charge < -0.3 is 5.32 Å². The van der Waals surface area contributed by atoms with Crippen LogP contribution in [0.1, 0.15) is 22.3 Å². The van der Waals surface area contributed by atoms with Gasteiger partial charge in [-0.2, -0.15) is 4.68 Å². The van der Waals surface area contributed by atoms with E-state index >= 15 is 0 Å². The molecule has 27 heavy (non-hydrogen) atoms. The van der Waals surface area contributed by atoms with E-state index in [1.165, 1.54) is 17.3 Å². The van der Waals surface area contributed by atoms with Gasteiger partial charge in [0.1, 0.15) is 0 Å². The fourth-order valence-electron chi connectivity index (χ4n) is 2.97. The second-order valence-electron chi connectivity index (χ2n) is 6.44. The number of aryl methyl sites for hydroxylation is 4. The highest BCUT2D eigenvalue weighted by molar-refractivity contribution is 7.99. The molecule has 0 fully saturated rings. The van der Waals surface area contributed by atoms with Crippen molar-refractivity contribution < 1.29 is 4.79 Å². The third-order valence-corrected chi connectivity index (χ3v) is 5.27. The Morgan fingerprint density at radius 2 is 1.81 bits per heavy atom. The highest BCUT2D eigenvalue weighted by Gasteiger charge is 2.16. The van der Waals surface area contributed by atoms with Crippen molar-refractivity contribution in [3.63, 3.8) is 0 Å². The van der Waals surface area contributed by atoms with Crippen LogP contribution in [0.5, 0.6) is 0 Å². The predicted octanol–water partition coefficient (Wildman–Crippen LogP) is 4.28. The Hall–Kier alpha value is -2.38. The Balaban J connectivity index is 1.74. The Kier molecular flexibility index (Phi) is 5.82. The number of carbonyl (C=O) groups excluding carboxylic acids is 1. The molecule has 140 valence electrons. The molecule has 0 aliphatic rings. The zero-order chi connectivity index (χ0) is 19.6. The van der Waals surface area contributed by atoms with E-state index in [1.807, 2.05) is 32.9 Å². The molecule has 1 amide bonds. The molecule has 1 heterocycles. The van der Waals surface area contributed by atoms with Gasteiger partial charge in [0.2, 0.25) is 11.1 Å². The molecule has 8 heteroatoms. The number of tetrazole rings is 1. The molecule has 2 aromatic carbocycles. The minimum absolute atomic E-state index is 0.167. The average Bonchev–Trinajstić information content (AvgIpc) is 3.03. The minimum atomic E-state index is -0.167. The van der Waals surface area contributed by atoms with Gasteiger partial charge in [0.05, 0.1) is 22.2 Å². The normalized spacial score (nSPS) is 10.9. The molecule has 0 radical (unpaired) electrons. The van der Waals surface area contributed by atoms with E-state index in [0.29, 0.717) is 15.9 Å². The molecule has 1 aromatic heterocycles. The van der Waals surface area contributed by atoms with Gasteiger partial charge in [-0.1, -0.05) is 47.1 Å². The van der Waals surface area contributed by atoms with E-state index in [-0.39, 0.29) is 11.7 Å². The topological polar surface area (TPSA) is 72.7 Å². The lowest BCUT2D eigenvalue weighted by molar-refractivity contribution is -0.113. The number of hydrogen-bond donors (Lipinski definition) is 1. The molecule has 0 unspecified atom stereocenters. The number of nitrogens with zero attached hydrogens (tertiary/aromatic N) is 4. The first-order valence-electron chi connectivity index (χ1n) is 8.40. The van der Waals surface area contributed by atoms with Gasteiger partial charge in [-0.3, -0.25) is 4.79 Å². The third kappa shape index (κ3) is 4.48. The van der Waals surface area contributed by atoms with Crippen LogP contribution >= 0.6 is 23.4 Å². The summed E-state index contributed by atoms with van der Waals surface area (Å²) in [6.45, 7) is 8.05. The van der Waals surface area contributed by atoms with Crippen LogP contribution in [0.2, 0.25) is 5.02 Å². The minimum Gasteiger partial charge on any atom is -0.324 e. The van der Waals surface area contributed by atoms with Gasteiger partial charge in [-0.05, 0) is 66.9 Å². The number of amides is 1. The summed E-state index contributed by atoms with van der Waals surface area (Å²) in [6.07, 6.45) is 0. The number of anilines is 1. The summed E-state index contributed by atoms with van der Waals surface area (Å²) in [7, 11) is 0. The van der Waals surface area contributed by atoms with E-state index in [2.05, 4.69) is 39.9 Å². The van der Waals surface area contributed by atoms with Crippen LogP contribution < -0.4 is 5.32 Å². The van der Waals surface area contributed by atoms with Gasteiger partial charge in [0, 0.05) is 0 Å². The number of hydrogen-bond acceptors (Lipinski definition) is 5. The second kappa shape index (κ2) is 8.10. The zero-order valence-electron chi connectivity index (χ0n) is 15.6. The highest BCUT2D eigenvalue weighted by Crippen LogP contribution is 2.26. The summed E-state index contributed by atoms with van der Waals surface area (Å²) in [5.41, 5.74) is 5.92. The van der Waals surface area contributed by atoms with Crippen molar-refractivity contribution in [2.75, 3.05) is 11.1 Å². The monoisotopic (exact) mass is 401 g/mol. The second-order valence-corrected chi connectivity index (χ2v) is 7.79. The molecule has 0 aliphatic carbocycles. The van der Waals surface area contributed by atoms with E-state index < -0.39 is 0 Å². The first-order chi connectivity index (χ1) is 12.8. The van der Waals surface area contributed by atoms with Gasteiger partial charge in [-0.25, -0.2) is 0 Å². The summed E-state index contributed by atoms with van der Waals surface area (Å²) >= 11 is 7.41. The van der Waals surface area contributed by atoms with Crippen molar-refractivity contribution in [3.05, 3.63) is 57.6 Å². The predicted molar refractivity (Wildman–Crippen MR) is 109 cm³/mol. The van der Waals surface area contributed by atoms with Crippen LogP contribution in [0.3, 0.4) is 0 Å². The standard InChI is InChI=1S/C19H20ClN5OS/c1-11-5-6-15(20)16(9-11)21-17(26)10-27-19-22-23-24-25(19)18-13(3)7-12(2)8-14(18)4/h5-9H,10H2,1-4H3,(H,21,26). The van der Waals surface area contributed by atoms with Gasteiger partial charge in [0.25, 0.3) is 0 Å². The van der Waals surface area contributed by atoms with Crippen molar-refractivity contribution in [1.29, 1.82) is 0 Å². The lowest BCUT2D eigenvalue weighted by Gasteiger charge is -2.12. The van der Waals surface area contributed by atoms with E-state index in [9.17, 15) is 4.79 Å². The summed E-state index contributed by atoms with van der Waals surface area (Å²) in [5, 5.41) is 15.9. The van der Waals surface area contributed by atoms with Crippen LogP contribution in [0.15, 0.2) is 35.5 Å². The molecular formula is C19H20ClN5OS. The number of benzene rings is 2. The fraction of sp³-hybridized carbons (Fsp3) is 0.263. The Bertz CT molecular complexity index is 979. The number of thioether (sulfide) groups is 1. The lowest BCUT2D eigenvalue weighted by Crippen LogP contribution is -2.15. The smallest absolute Gasteiger partial charge is 0.234 e. The zero-order valence-corrected chi connectivity index (χ0v) is 17.1. The van der Waals surface area contributed by atoms with Crippen molar-refractivity contribution in [3.8, 4) is 5.69 Å². The van der Waals surface area contributed by atoms with E-state index in [4.69, 9.17) is 11.6 Å². The number of carbonyl (C=O) groups is 1. The van der Waals surface area contributed by atoms with Crippen LogP contribution in [0, 0.1) is 27.7 Å². The van der Waals surface area contributed by atoms with E-state index in [1.54, 1.807) is 10.7 Å². The molecule has 3 rings (SSSR count). The quantitative estimate of drug-likeness (QED) is 0.646. The van der Waals surface area contributed by atoms with Gasteiger partial charge in [-0.15, -0.1) is 5.10 Å². The van der Waals surface area contributed by atoms with Crippen LogP contribution in [0.4, 0.5) is 5.69 Å². The van der Waals surface area contributed by atoms with Crippen LogP contribution in [0.25, 0.3) is 5.69 Å². The molecule has 1 N–H and O–H groups in total. The number of rotatable bonds is 5. The molecular weight excluding hydrogens is 382 g/mol. The maximum atomic E-state index is 12.3. The SMILES string of the molecule is Cc1cc(C)c(-n2nnnc2SCC(=O)Nc2cc(C)ccc2Cl)c(C)c1. The summed E-state index contributed by atoms with van der Waals surface area (Å²) in [4.78, 5) is 12.3. The van der Waals surface area contributed by atoms with Crippen molar-refractivity contribution in [2.45, 2.75) is 32.9 Å². The summed E-state index contributed by atoms with van der Waals surface area (Å²) < 4.78 is 1.68. The van der Waals surface area contributed by atoms with Crippen LogP contribution in [-0.4, -0.2) is 31.9 Å². The third-order valence-electron chi connectivity index (χ3n) is 4.02. The molecule has 6 nitrogen and oxygen atoms in total. The molecule has 0 saturated carbocycles. The maximum Gasteiger partial charge on any atom is 0.234 e. The van der Waals surface area contributed by atoms with Crippen molar-refractivity contribution >= 4 is 35.0 Å². The summed E-state index contributed by atoms with van der Waals surface area (Å²) in [6, 6.07) is 9.68. The fourth-order valence-corrected chi connectivity index (χ4v) is 3.81. The first-order valence-corrected chi connectivity index (χ1v) is 9.77. The number of nitrogens with one attached hydrogen (secondary N) is 1. The first kappa shape index (κ1) is 19.4. The lowest BCUT2D eigenvalue weighted by atomic mass is 10.1. The van der Waals surface area contributed by atoms with Crippen molar-refractivity contribution in [1.82, 2.24) is 20.2 Å².